The zero-order valence-electron chi connectivity index (χ0n) is 8.95. The first-order valence-corrected chi connectivity index (χ1v) is 6.79. The van der Waals surface area contributed by atoms with Gasteiger partial charge in [-0.15, -0.1) is 21.8 Å². The van der Waals surface area contributed by atoms with Crippen molar-refractivity contribution in [1.29, 1.82) is 0 Å². The SMILES string of the molecule is Cc1nnc(N(CCCl)C2CCCC2)s1. The Morgan fingerprint density at radius 3 is 2.67 bits per heavy atom. The molecule has 0 bridgehead atoms. The van der Waals surface area contributed by atoms with Gasteiger partial charge in [-0.25, -0.2) is 0 Å². The van der Waals surface area contributed by atoms with Crippen molar-refractivity contribution in [2.75, 3.05) is 17.3 Å². The van der Waals surface area contributed by atoms with Crippen LogP contribution in [-0.2, 0) is 0 Å². The maximum Gasteiger partial charge on any atom is 0.208 e. The molecular formula is C10H16ClN3S. The van der Waals surface area contributed by atoms with Crippen LogP contribution in [-0.4, -0.2) is 28.7 Å². The zero-order chi connectivity index (χ0) is 10.7. The minimum atomic E-state index is 0.635. The summed E-state index contributed by atoms with van der Waals surface area (Å²) >= 11 is 7.51. The second-order valence-electron chi connectivity index (χ2n) is 3.92. The second-order valence-corrected chi connectivity index (χ2v) is 5.46. The van der Waals surface area contributed by atoms with Gasteiger partial charge in [-0.2, -0.15) is 0 Å². The monoisotopic (exact) mass is 245 g/mol. The van der Waals surface area contributed by atoms with Gasteiger partial charge in [-0.05, 0) is 19.8 Å². The van der Waals surface area contributed by atoms with Crippen molar-refractivity contribution in [3.05, 3.63) is 5.01 Å². The fourth-order valence-corrected chi connectivity index (χ4v) is 3.11. The fraction of sp³-hybridized carbons (Fsp3) is 0.800. The number of anilines is 1. The molecule has 2 rings (SSSR count). The average Bonchev–Trinajstić information content (AvgIpc) is 2.85. The molecule has 0 radical (unpaired) electrons. The van der Waals surface area contributed by atoms with Gasteiger partial charge in [0.2, 0.25) is 5.13 Å². The van der Waals surface area contributed by atoms with Crippen LogP contribution in [0.4, 0.5) is 5.13 Å². The molecule has 1 aromatic heterocycles. The highest BCUT2D eigenvalue weighted by atomic mass is 35.5. The number of hydrogen-bond donors (Lipinski definition) is 0. The van der Waals surface area contributed by atoms with Crippen molar-refractivity contribution in [2.45, 2.75) is 38.6 Å². The number of hydrogen-bond acceptors (Lipinski definition) is 4. The minimum Gasteiger partial charge on any atom is -0.342 e. The predicted molar refractivity (Wildman–Crippen MR) is 65.0 cm³/mol. The third-order valence-electron chi connectivity index (χ3n) is 2.85. The number of halogens is 1. The molecule has 1 aliphatic rings. The van der Waals surface area contributed by atoms with Crippen molar-refractivity contribution in [2.24, 2.45) is 0 Å². The molecule has 0 N–H and O–H groups in total. The van der Waals surface area contributed by atoms with E-state index in [2.05, 4.69) is 15.1 Å². The van der Waals surface area contributed by atoms with E-state index in [0.717, 1.165) is 16.7 Å². The number of nitrogens with zero attached hydrogens (tertiary/aromatic N) is 3. The molecule has 0 unspecified atom stereocenters. The lowest BCUT2D eigenvalue weighted by Crippen LogP contribution is -2.34. The summed E-state index contributed by atoms with van der Waals surface area (Å²) in [6.45, 7) is 2.88. The lowest BCUT2D eigenvalue weighted by atomic mass is 10.2. The van der Waals surface area contributed by atoms with E-state index in [1.165, 1.54) is 25.7 Å². The van der Waals surface area contributed by atoms with Gasteiger partial charge < -0.3 is 4.90 Å². The molecule has 15 heavy (non-hydrogen) atoms. The van der Waals surface area contributed by atoms with Crippen molar-refractivity contribution in [1.82, 2.24) is 10.2 Å². The summed E-state index contributed by atoms with van der Waals surface area (Å²) in [5, 5.41) is 10.4. The normalized spacial score (nSPS) is 17.2. The number of rotatable bonds is 4. The van der Waals surface area contributed by atoms with Gasteiger partial charge in [-0.1, -0.05) is 24.2 Å². The number of aromatic nitrogens is 2. The molecule has 0 atom stereocenters. The summed E-state index contributed by atoms with van der Waals surface area (Å²) in [6, 6.07) is 0.635. The predicted octanol–water partition coefficient (Wildman–Crippen LogP) is 2.83. The molecule has 0 aromatic carbocycles. The van der Waals surface area contributed by atoms with Crippen molar-refractivity contribution >= 4 is 28.1 Å². The molecule has 84 valence electrons. The highest BCUT2D eigenvalue weighted by Gasteiger charge is 2.24. The van der Waals surface area contributed by atoms with Crippen LogP contribution in [0.15, 0.2) is 0 Å². The van der Waals surface area contributed by atoms with E-state index in [1.54, 1.807) is 11.3 Å². The van der Waals surface area contributed by atoms with Crippen LogP contribution in [0.3, 0.4) is 0 Å². The van der Waals surface area contributed by atoms with Gasteiger partial charge in [0.15, 0.2) is 0 Å². The lowest BCUT2D eigenvalue weighted by Gasteiger charge is -2.27. The van der Waals surface area contributed by atoms with Crippen LogP contribution in [0.1, 0.15) is 30.7 Å². The first-order chi connectivity index (χ1) is 7.31. The second kappa shape index (κ2) is 5.12. The number of aryl methyl sites for hydroxylation is 1. The number of alkyl halides is 1. The maximum absolute atomic E-state index is 5.85. The molecule has 1 saturated carbocycles. The molecule has 1 aromatic rings. The molecule has 1 heterocycles. The Balaban J connectivity index is 2.11. The quantitative estimate of drug-likeness (QED) is 0.764. The molecule has 1 aliphatic carbocycles. The van der Waals surface area contributed by atoms with Crippen LogP contribution in [0, 0.1) is 6.92 Å². The van der Waals surface area contributed by atoms with Gasteiger partial charge in [0.1, 0.15) is 5.01 Å². The van der Waals surface area contributed by atoms with Crippen LogP contribution in [0.5, 0.6) is 0 Å². The van der Waals surface area contributed by atoms with E-state index in [-0.39, 0.29) is 0 Å². The Labute approximate surface area is 99.5 Å². The van der Waals surface area contributed by atoms with Crippen LogP contribution < -0.4 is 4.90 Å². The van der Waals surface area contributed by atoms with Gasteiger partial charge >= 0.3 is 0 Å². The zero-order valence-corrected chi connectivity index (χ0v) is 10.5. The third kappa shape index (κ3) is 2.61. The van der Waals surface area contributed by atoms with Crippen molar-refractivity contribution < 1.29 is 0 Å². The summed E-state index contributed by atoms with van der Waals surface area (Å²) in [5.41, 5.74) is 0. The molecule has 5 heteroatoms. The van der Waals surface area contributed by atoms with E-state index in [4.69, 9.17) is 11.6 Å². The Bertz CT molecular complexity index is 309. The molecule has 0 saturated heterocycles. The van der Waals surface area contributed by atoms with Gasteiger partial charge in [0.25, 0.3) is 0 Å². The van der Waals surface area contributed by atoms with E-state index in [9.17, 15) is 0 Å². The smallest absolute Gasteiger partial charge is 0.208 e. The topological polar surface area (TPSA) is 29.0 Å². The molecular weight excluding hydrogens is 230 g/mol. The van der Waals surface area contributed by atoms with Gasteiger partial charge in [-0.3, -0.25) is 0 Å². The molecule has 0 aliphatic heterocycles. The summed E-state index contributed by atoms with van der Waals surface area (Å²) in [7, 11) is 0. The van der Waals surface area contributed by atoms with Crippen molar-refractivity contribution in [3.8, 4) is 0 Å². The minimum absolute atomic E-state index is 0.635. The van der Waals surface area contributed by atoms with E-state index < -0.39 is 0 Å². The summed E-state index contributed by atoms with van der Waals surface area (Å²) in [5.74, 6) is 0.662. The Hall–Kier alpha value is -0.350. The Morgan fingerprint density at radius 2 is 2.13 bits per heavy atom. The highest BCUT2D eigenvalue weighted by molar-refractivity contribution is 7.15. The first kappa shape index (κ1) is 11.1. The van der Waals surface area contributed by atoms with Crippen molar-refractivity contribution in [3.63, 3.8) is 0 Å². The lowest BCUT2D eigenvalue weighted by molar-refractivity contribution is 0.617. The third-order valence-corrected chi connectivity index (χ3v) is 3.90. The molecule has 0 amide bonds. The van der Waals surface area contributed by atoms with Gasteiger partial charge in [0, 0.05) is 18.5 Å². The van der Waals surface area contributed by atoms with Gasteiger partial charge in [0.05, 0.1) is 0 Å². The first-order valence-electron chi connectivity index (χ1n) is 5.44. The van der Waals surface area contributed by atoms with E-state index in [1.807, 2.05) is 6.92 Å². The highest BCUT2D eigenvalue weighted by Crippen LogP contribution is 2.29. The molecule has 1 fully saturated rings. The largest absolute Gasteiger partial charge is 0.342 e. The summed E-state index contributed by atoms with van der Waals surface area (Å²) < 4.78 is 0. The van der Waals surface area contributed by atoms with Crippen LogP contribution in [0.2, 0.25) is 0 Å². The fourth-order valence-electron chi connectivity index (χ4n) is 2.14. The average molecular weight is 246 g/mol. The Kier molecular flexibility index (Phi) is 3.81. The van der Waals surface area contributed by atoms with Crippen LogP contribution in [0.25, 0.3) is 0 Å². The van der Waals surface area contributed by atoms with E-state index in [0.29, 0.717) is 11.9 Å². The summed E-state index contributed by atoms with van der Waals surface area (Å²) in [4.78, 5) is 2.34. The maximum atomic E-state index is 5.85. The molecule has 0 spiro atoms. The standard InChI is InChI=1S/C10H16ClN3S/c1-8-12-13-10(15-8)14(7-6-11)9-4-2-3-5-9/h9H,2-7H2,1H3. The molecule has 3 nitrogen and oxygen atoms in total. The summed E-state index contributed by atoms with van der Waals surface area (Å²) in [6.07, 6.45) is 5.22. The Morgan fingerprint density at radius 1 is 1.40 bits per heavy atom. The van der Waals surface area contributed by atoms with Crippen LogP contribution >= 0.6 is 22.9 Å². The van der Waals surface area contributed by atoms with E-state index >= 15 is 0 Å².